The lowest BCUT2D eigenvalue weighted by Crippen LogP contribution is -2.46. The molecule has 108 valence electrons. The summed E-state index contributed by atoms with van der Waals surface area (Å²) in [6.45, 7) is 0.817. The van der Waals surface area contributed by atoms with E-state index in [0.717, 1.165) is 18.4 Å². The van der Waals surface area contributed by atoms with Crippen LogP contribution >= 0.6 is 0 Å². The number of anilines is 1. The van der Waals surface area contributed by atoms with Crippen molar-refractivity contribution in [1.29, 1.82) is 0 Å². The van der Waals surface area contributed by atoms with E-state index >= 15 is 0 Å². The number of aryl methyl sites for hydroxylation is 1. The fourth-order valence-electron chi connectivity index (χ4n) is 3.19. The summed E-state index contributed by atoms with van der Waals surface area (Å²) < 4.78 is 5.15. The van der Waals surface area contributed by atoms with E-state index in [-0.39, 0.29) is 0 Å². The Morgan fingerprint density at radius 1 is 1.10 bits per heavy atom. The normalized spacial score (nSPS) is 22.8. The first-order chi connectivity index (χ1) is 10.2. The van der Waals surface area contributed by atoms with Gasteiger partial charge >= 0.3 is 0 Å². The Morgan fingerprint density at radius 2 is 1.90 bits per heavy atom. The molecule has 1 saturated heterocycles. The minimum absolute atomic E-state index is 0.375. The molecular formula is C18H19NO2. The van der Waals surface area contributed by atoms with Gasteiger partial charge in [0.1, 0.15) is 5.60 Å². The Bertz CT molecular complexity index is 650. The van der Waals surface area contributed by atoms with Crippen LogP contribution < -0.4 is 5.32 Å². The number of fused-ring (bicyclic) bond motifs is 1. The fraction of sp³-hybridized carbons (Fsp3) is 0.333. The van der Waals surface area contributed by atoms with Crippen LogP contribution in [-0.4, -0.2) is 18.3 Å². The van der Waals surface area contributed by atoms with E-state index < -0.39 is 5.60 Å². The van der Waals surface area contributed by atoms with Crippen LogP contribution in [0.15, 0.2) is 48.5 Å². The molecule has 21 heavy (non-hydrogen) atoms. The lowest BCUT2D eigenvalue weighted by molar-refractivity contribution is -0.184. The molecule has 1 unspecified atom stereocenters. The molecule has 0 aliphatic carbocycles. The van der Waals surface area contributed by atoms with Crippen molar-refractivity contribution in [1.82, 2.24) is 0 Å². The van der Waals surface area contributed by atoms with Crippen molar-refractivity contribution in [3.8, 4) is 0 Å². The number of nitrogens with one attached hydrogen (secondary N) is 1. The molecule has 4 rings (SSSR count). The SMILES string of the molecule is OC1(c2ccc3c(c2)CCC(c2ccccc2)N3)COC1. The molecule has 1 atom stereocenters. The molecule has 2 aromatic rings. The van der Waals surface area contributed by atoms with Crippen LogP contribution in [-0.2, 0) is 16.8 Å². The first-order valence-corrected chi connectivity index (χ1v) is 7.50. The monoisotopic (exact) mass is 281 g/mol. The Hall–Kier alpha value is -1.84. The maximum Gasteiger partial charge on any atom is 0.136 e. The smallest absolute Gasteiger partial charge is 0.136 e. The Balaban J connectivity index is 1.59. The first kappa shape index (κ1) is 12.9. The maximum absolute atomic E-state index is 10.4. The molecule has 0 bridgehead atoms. The molecule has 0 amide bonds. The zero-order valence-corrected chi connectivity index (χ0v) is 11.9. The van der Waals surface area contributed by atoms with Gasteiger partial charge in [-0.2, -0.15) is 0 Å². The summed E-state index contributed by atoms with van der Waals surface area (Å²) in [7, 11) is 0. The van der Waals surface area contributed by atoms with Gasteiger partial charge in [-0.3, -0.25) is 0 Å². The van der Waals surface area contributed by atoms with Gasteiger partial charge in [0.05, 0.1) is 19.3 Å². The average molecular weight is 281 g/mol. The van der Waals surface area contributed by atoms with Gasteiger partial charge in [-0.25, -0.2) is 0 Å². The number of hydrogen-bond donors (Lipinski definition) is 2. The van der Waals surface area contributed by atoms with Crippen molar-refractivity contribution in [3.05, 3.63) is 65.2 Å². The van der Waals surface area contributed by atoms with Crippen molar-refractivity contribution in [2.45, 2.75) is 24.5 Å². The van der Waals surface area contributed by atoms with Crippen molar-refractivity contribution < 1.29 is 9.84 Å². The standard InChI is InChI=1S/C18H19NO2/c20-18(11-21-12-18)15-7-9-17-14(10-15)6-8-16(19-17)13-4-2-1-3-5-13/h1-5,7,9-10,16,19-20H,6,8,11-12H2. The molecule has 3 heteroatoms. The maximum atomic E-state index is 10.4. The summed E-state index contributed by atoms with van der Waals surface area (Å²) in [6, 6.07) is 17.2. The molecule has 1 fully saturated rings. The summed E-state index contributed by atoms with van der Waals surface area (Å²) in [5.74, 6) is 0. The Morgan fingerprint density at radius 3 is 2.62 bits per heavy atom. The van der Waals surface area contributed by atoms with Gasteiger partial charge in [0.2, 0.25) is 0 Å². The first-order valence-electron chi connectivity index (χ1n) is 7.50. The van der Waals surface area contributed by atoms with Crippen LogP contribution in [0.3, 0.4) is 0 Å². The molecule has 0 saturated carbocycles. The van der Waals surface area contributed by atoms with E-state index in [1.165, 1.54) is 16.8 Å². The number of ether oxygens (including phenoxy) is 1. The molecule has 2 N–H and O–H groups in total. The third-order valence-electron chi connectivity index (χ3n) is 4.56. The summed E-state index contributed by atoms with van der Waals surface area (Å²) in [6.07, 6.45) is 2.11. The highest BCUT2D eigenvalue weighted by Gasteiger charge is 2.38. The van der Waals surface area contributed by atoms with Gasteiger partial charge in [0.25, 0.3) is 0 Å². The van der Waals surface area contributed by atoms with E-state index in [4.69, 9.17) is 4.74 Å². The predicted octanol–water partition coefficient (Wildman–Crippen LogP) is 3.00. The summed E-state index contributed by atoms with van der Waals surface area (Å²) in [5.41, 5.74) is 4.01. The third-order valence-corrected chi connectivity index (χ3v) is 4.56. The minimum Gasteiger partial charge on any atom is -0.380 e. The molecule has 2 aliphatic heterocycles. The van der Waals surface area contributed by atoms with E-state index in [1.807, 2.05) is 12.1 Å². The molecule has 2 aromatic carbocycles. The predicted molar refractivity (Wildman–Crippen MR) is 82.3 cm³/mol. The molecule has 3 nitrogen and oxygen atoms in total. The largest absolute Gasteiger partial charge is 0.380 e. The van der Waals surface area contributed by atoms with Crippen molar-refractivity contribution in [3.63, 3.8) is 0 Å². The van der Waals surface area contributed by atoms with E-state index in [0.29, 0.717) is 19.3 Å². The van der Waals surface area contributed by atoms with Gasteiger partial charge in [0.15, 0.2) is 0 Å². The molecule has 2 aliphatic rings. The van der Waals surface area contributed by atoms with Gasteiger partial charge in [-0.15, -0.1) is 0 Å². The zero-order valence-electron chi connectivity index (χ0n) is 11.9. The van der Waals surface area contributed by atoms with E-state index in [9.17, 15) is 5.11 Å². The second-order valence-electron chi connectivity index (χ2n) is 6.04. The second-order valence-corrected chi connectivity index (χ2v) is 6.04. The van der Waals surface area contributed by atoms with Crippen LogP contribution in [0.4, 0.5) is 5.69 Å². The summed E-state index contributed by atoms with van der Waals surface area (Å²) in [5, 5.41) is 14.0. The van der Waals surface area contributed by atoms with Crippen LogP contribution in [0.5, 0.6) is 0 Å². The van der Waals surface area contributed by atoms with E-state index in [1.54, 1.807) is 0 Å². The highest BCUT2D eigenvalue weighted by molar-refractivity contribution is 5.57. The molecule has 0 aromatic heterocycles. The topological polar surface area (TPSA) is 41.5 Å². The Labute approximate surface area is 124 Å². The minimum atomic E-state index is -0.773. The quantitative estimate of drug-likeness (QED) is 0.889. The van der Waals surface area contributed by atoms with E-state index in [2.05, 4.69) is 41.7 Å². The van der Waals surface area contributed by atoms with Crippen LogP contribution in [0.1, 0.15) is 29.2 Å². The van der Waals surface area contributed by atoms with Crippen molar-refractivity contribution in [2.75, 3.05) is 18.5 Å². The highest BCUT2D eigenvalue weighted by atomic mass is 16.5. The van der Waals surface area contributed by atoms with Crippen LogP contribution in [0.2, 0.25) is 0 Å². The average Bonchev–Trinajstić information content (AvgIpc) is 2.52. The lowest BCUT2D eigenvalue weighted by atomic mass is 9.87. The number of hydrogen-bond acceptors (Lipinski definition) is 3. The van der Waals surface area contributed by atoms with Gasteiger partial charge in [0, 0.05) is 5.69 Å². The van der Waals surface area contributed by atoms with Crippen LogP contribution in [0, 0.1) is 0 Å². The molecular weight excluding hydrogens is 262 g/mol. The second kappa shape index (κ2) is 4.86. The van der Waals surface area contributed by atoms with Gasteiger partial charge in [-0.05, 0) is 35.6 Å². The van der Waals surface area contributed by atoms with Crippen molar-refractivity contribution >= 4 is 5.69 Å². The Kier molecular flexibility index (Phi) is 2.98. The molecule has 0 radical (unpaired) electrons. The zero-order chi connectivity index (χ0) is 14.3. The molecule has 0 spiro atoms. The number of rotatable bonds is 2. The van der Waals surface area contributed by atoms with Gasteiger partial charge in [-0.1, -0.05) is 42.5 Å². The third kappa shape index (κ3) is 2.23. The number of aliphatic hydroxyl groups is 1. The van der Waals surface area contributed by atoms with Crippen LogP contribution in [0.25, 0.3) is 0 Å². The lowest BCUT2D eigenvalue weighted by Gasteiger charge is -2.37. The van der Waals surface area contributed by atoms with Crippen molar-refractivity contribution in [2.24, 2.45) is 0 Å². The fourth-order valence-corrected chi connectivity index (χ4v) is 3.19. The number of benzene rings is 2. The summed E-state index contributed by atoms with van der Waals surface area (Å²) in [4.78, 5) is 0. The molecule has 2 heterocycles. The summed E-state index contributed by atoms with van der Waals surface area (Å²) >= 11 is 0. The van der Waals surface area contributed by atoms with Gasteiger partial charge < -0.3 is 15.2 Å². The highest BCUT2D eigenvalue weighted by Crippen LogP contribution is 2.36.